The van der Waals surface area contributed by atoms with Gasteiger partial charge in [-0.05, 0) is 29.7 Å². The first-order valence-corrected chi connectivity index (χ1v) is 11.0. The topological polar surface area (TPSA) is 44.7 Å². The maximum atomic E-state index is 12.4. The van der Waals surface area contributed by atoms with Crippen molar-refractivity contribution in [3.8, 4) is 6.07 Å². The molecule has 0 bridgehead atoms. The lowest BCUT2D eigenvalue weighted by Crippen LogP contribution is -2.37. The summed E-state index contributed by atoms with van der Waals surface area (Å²) in [5.41, 5.74) is -5.00. The van der Waals surface area contributed by atoms with Crippen LogP contribution in [0.3, 0.4) is 0 Å². The van der Waals surface area contributed by atoms with E-state index in [1.807, 2.05) is 47.3 Å². The molecule has 0 unspecified atom stereocenters. The van der Waals surface area contributed by atoms with Crippen molar-refractivity contribution >= 4 is 29.0 Å². The summed E-state index contributed by atoms with van der Waals surface area (Å²) in [7, 11) is 0. The third-order valence-corrected chi connectivity index (χ3v) is 5.41. The fraction of sp³-hybridized carbons (Fsp3) is 0.115. The molecule has 0 aliphatic carbocycles. The van der Waals surface area contributed by atoms with Gasteiger partial charge in [-0.2, -0.15) is 36.2 Å². The highest BCUT2D eigenvalue weighted by atomic mass is 19.4. The summed E-state index contributed by atoms with van der Waals surface area (Å²) >= 11 is 0. The van der Waals surface area contributed by atoms with Crippen molar-refractivity contribution in [1.82, 2.24) is 0 Å². The average Bonchev–Trinajstić information content (AvgIpc) is 2.87. The van der Waals surface area contributed by atoms with Crippen LogP contribution in [0.25, 0.3) is 10.8 Å². The van der Waals surface area contributed by atoms with E-state index in [9.17, 15) is 44.1 Å². The SMILES string of the molecule is F[B-](F)(F)c1cc(C(F)(F)F)cc(C(F)(F)F)c1.N#Cc1ccccc1C(=O)C[n+]1ccc2ccccc2c1. The molecule has 0 aliphatic rings. The highest BCUT2D eigenvalue weighted by Crippen LogP contribution is 2.35. The Balaban J connectivity index is 0.000000219. The third kappa shape index (κ3) is 7.60. The zero-order chi connectivity index (χ0) is 29.0. The number of benzene rings is 3. The molecule has 202 valence electrons. The second-order valence-corrected chi connectivity index (χ2v) is 8.24. The van der Waals surface area contributed by atoms with Crippen molar-refractivity contribution in [2.45, 2.75) is 18.9 Å². The molecule has 4 rings (SSSR count). The number of carbonyl (C=O) groups is 1. The maximum Gasteiger partial charge on any atom is 0.509 e. The van der Waals surface area contributed by atoms with E-state index in [1.54, 1.807) is 24.3 Å². The van der Waals surface area contributed by atoms with Crippen LogP contribution in [0.15, 0.2) is 85.2 Å². The number of alkyl halides is 6. The van der Waals surface area contributed by atoms with Gasteiger partial charge in [0, 0.05) is 17.0 Å². The van der Waals surface area contributed by atoms with Crippen molar-refractivity contribution in [3.63, 3.8) is 0 Å². The first-order valence-electron chi connectivity index (χ1n) is 11.0. The summed E-state index contributed by atoms with van der Waals surface area (Å²) in [4.78, 5) is 12.4. The lowest BCUT2D eigenvalue weighted by Gasteiger charge is -2.19. The van der Waals surface area contributed by atoms with Crippen LogP contribution >= 0.6 is 0 Å². The van der Waals surface area contributed by atoms with Crippen molar-refractivity contribution < 1.29 is 48.7 Å². The smallest absolute Gasteiger partial charge is 0.445 e. The Hall–Kier alpha value is -4.34. The Bertz CT molecular complexity index is 1460. The summed E-state index contributed by atoms with van der Waals surface area (Å²) < 4.78 is 112. The predicted octanol–water partition coefficient (Wildman–Crippen LogP) is 6.66. The van der Waals surface area contributed by atoms with E-state index in [0.717, 1.165) is 10.8 Å². The lowest BCUT2D eigenvalue weighted by atomic mass is 9.78. The second-order valence-electron chi connectivity index (χ2n) is 8.24. The van der Waals surface area contributed by atoms with Gasteiger partial charge >= 0.3 is 19.3 Å². The molecular formula is C26H16BF9N2O. The molecule has 1 aromatic heterocycles. The number of aromatic nitrogens is 1. The third-order valence-electron chi connectivity index (χ3n) is 5.41. The van der Waals surface area contributed by atoms with Gasteiger partial charge in [0.15, 0.2) is 12.4 Å². The van der Waals surface area contributed by atoms with Gasteiger partial charge < -0.3 is 12.9 Å². The van der Waals surface area contributed by atoms with Gasteiger partial charge in [-0.1, -0.05) is 42.5 Å². The fourth-order valence-corrected chi connectivity index (χ4v) is 3.52. The molecule has 0 fully saturated rings. The van der Waals surface area contributed by atoms with Crippen LogP contribution in [0.1, 0.15) is 27.0 Å². The minimum absolute atomic E-state index is 0.0626. The van der Waals surface area contributed by atoms with E-state index in [2.05, 4.69) is 6.07 Å². The number of pyridine rings is 1. The molecule has 0 amide bonds. The highest BCUT2D eigenvalue weighted by Gasteiger charge is 2.39. The van der Waals surface area contributed by atoms with E-state index in [1.165, 1.54) is 0 Å². The number of halogens is 9. The number of carbonyl (C=O) groups excluding carboxylic acids is 1. The highest BCUT2D eigenvalue weighted by molar-refractivity contribution is 6.73. The summed E-state index contributed by atoms with van der Waals surface area (Å²) in [5.74, 6) is -0.0626. The van der Waals surface area contributed by atoms with Crippen molar-refractivity contribution in [2.75, 3.05) is 0 Å². The molecule has 0 saturated carbocycles. The maximum absolute atomic E-state index is 12.4. The van der Waals surface area contributed by atoms with E-state index in [-0.39, 0.29) is 30.5 Å². The van der Waals surface area contributed by atoms with Gasteiger partial charge in [0.05, 0.1) is 22.8 Å². The van der Waals surface area contributed by atoms with Crippen LogP contribution in [0, 0.1) is 11.3 Å². The van der Waals surface area contributed by atoms with Gasteiger partial charge in [-0.15, -0.1) is 5.46 Å². The second kappa shape index (κ2) is 11.2. The van der Waals surface area contributed by atoms with Gasteiger partial charge in [-0.3, -0.25) is 4.79 Å². The molecule has 4 aromatic rings. The average molecular weight is 554 g/mol. The normalized spacial score (nSPS) is 11.9. The largest absolute Gasteiger partial charge is 0.509 e. The van der Waals surface area contributed by atoms with Crippen molar-refractivity contribution in [2.24, 2.45) is 0 Å². The van der Waals surface area contributed by atoms with Crippen LogP contribution in [0.2, 0.25) is 0 Å². The fourth-order valence-electron chi connectivity index (χ4n) is 3.52. The Morgan fingerprint density at radius 1 is 0.795 bits per heavy atom. The number of rotatable bonds is 4. The number of Topliss-reactive ketones (excluding diaryl/α,β-unsaturated/α-hetero) is 1. The molecule has 13 heteroatoms. The molecule has 39 heavy (non-hydrogen) atoms. The quantitative estimate of drug-likeness (QED) is 0.123. The van der Waals surface area contributed by atoms with Crippen LogP contribution in [0.5, 0.6) is 0 Å². The van der Waals surface area contributed by atoms with Crippen LogP contribution in [-0.4, -0.2) is 12.8 Å². The lowest BCUT2D eigenvalue weighted by molar-refractivity contribution is -0.681. The number of fused-ring (bicyclic) bond motifs is 1. The van der Waals surface area contributed by atoms with Crippen LogP contribution in [-0.2, 0) is 18.9 Å². The monoisotopic (exact) mass is 554 g/mol. The van der Waals surface area contributed by atoms with Gasteiger partial charge in [0.25, 0.3) is 0 Å². The Labute approximate surface area is 215 Å². The van der Waals surface area contributed by atoms with E-state index in [4.69, 9.17) is 5.26 Å². The molecule has 0 spiro atoms. The van der Waals surface area contributed by atoms with E-state index < -0.39 is 35.9 Å². The summed E-state index contributed by atoms with van der Waals surface area (Å²) in [6.07, 6.45) is -6.73. The molecule has 1 heterocycles. The first kappa shape index (κ1) is 29.2. The standard InChI is InChI=1S/C18H13N2O.C8H3BF9/c19-11-15-6-3-4-8-17(15)18(21)13-20-10-9-14-5-1-2-7-16(14)12-20;10-7(11,12)4-1-5(8(13,14)15)3-6(2-4)9(16,17)18/h1-10,12H,13H2;1-3H/q+1;-1. The summed E-state index contributed by atoms with van der Waals surface area (Å²) in [5, 5.41) is 11.3. The van der Waals surface area contributed by atoms with Gasteiger partial charge in [0.2, 0.25) is 12.3 Å². The Morgan fingerprint density at radius 3 is 1.87 bits per heavy atom. The molecule has 0 N–H and O–H groups in total. The van der Waals surface area contributed by atoms with Gasteiger partial charge in [-0.25, -0.2) is 0 Å². The number of hydrogen-bond acceptors (Lipinski definition) is 2. The minimum atomic E-state index is -5.95. The zero-order valence-corrected chi connectivity index (χ0v) is 19.6. The van der Waals surface area contributed by atoms with Crippen LogP contribution < -0.4 is 10.0 Å². The molecular weight excluding hydrogens is 538 g/mol. The van der Waals surface area contributed by atoms with Crippen LogP contribution in [0.4, 0.5) is 39.3 Å². The molecule has 0 saturated heterocycles. The number of nitrogens with zero attached hydrogens (tertiary/aromatic N) is 2. The van der Waals surface area contributed by atoms with E-state index >= 15 is 0 Å². The molecule has 0 atom stereocenters. The molecule has 3 nitrogen and oxygen atoms in total. The molecule has 0 radical (unpaired) electrons. The summed E-state index contributed by atoms with van der Waals surface area (Å²) in [6, 6.07) is 17.9. The zero-order valence-electron chi connectivity index (χ0n) is 19.6. The number of hydrogen-bond donors (Lipinski definition) is 0. The van der Waals surface area contributed by atoms with E-state index in [0.29, 0.717) is 11.1 Å². The Morgan fingerprint density at radius 2 is 1.33 bits per heavy atom. The van der Waals surface area contributed by atoms with Crippen molar-refractivity contribution in [1.29, 1.82) is 5.26 Å². The summed E-state index contributed by atoms with van der Waals surface area (Å²) in [6.45, 7) is -5.72. The number of ketones is 1. The molecule has 0 aliphatic heterocycles. The number of nitriles is 1. The first-order chi connectivity index (χ1) is 18.1. The molecule has 3 aromatic carbocycles. The minimum Gasteiger partial charge on any atom is -0.445 e. The van der Waals surface area contributed by atoms with Crippen molar-refractivity contribution in [3.05, 3.63) is 107 Å². The van der Waals surface area contributed by atoms with Gasteiger partial charge in [0.1, 0.15) is 0 Å². The predicted molar refractivity (Wildman–Crippen MR) is 125 cm³/mol. The Kier molecular flexibility index (Phi) is 8.38.